The first-order valence-corrected chi connectivity index (χ1v) is 4.94. The van der Waals surface area contributed by atoms with Gasteiger partial charge in [-0.25, -0.2) is 0 Å². The molecule has 0 fully saturated rings. The summed E-state index contributed by atoms with van der Waals surface area (Å²) in [7, 11) is 0. The second-order valence-corrected chi connectivity index (χ2v) is 3.12. The Morgan fingerprint density at radius 2 is 1.87 bits per heavy atom. The van der Waals surface area contributed by atoms with Crippen LogP contribution in [0.25, 0.3) is 0 Å². The minimum absolute atomic E-state index is 0.0137. The second-order valence-electron chi connectivity index (χ2n) is 2.71. The summed E-state index contributed by atoms with van der Waals surface area (Å²) in [6.45, 7) is 5.67. The van der Waals surface area contributed by atoms with E-state index in [1.165, 1.54) is 6.07 Å². The van der Waals surface area contributed by atoms with Crippen molar-refractivity contribution in [3.05, 3.63) is 28.5 Å². The topological polar surface area (TPSA) is 12.9 Å². The number of aryl methyl sites for hydroxylation is 1. The Hall–Kier alpha value is -0.770. The number of hydrogen-bond acceptors (Lipinski definition) is 1. The number of alkyl halides is 3. The third-order valence-electron chi connectivity index (χ3n) is 1.46. The molecule has 0 spiro atoms. The molecule has 0 saturated carbocycles. The molecule has 0 aliphatic rings. The predicted molar refractivity (Wildman–Crippen MR) is 55.1 cm³/mol. The summed E-state index contributed by atoms with van der Waals surface area (Å²) >= 11 is 5.60. The van der Waals surface area contributed by atoms with Crippen molar-refractivity contribution in [2.75, 3.05) is 0 Å². The molecule has 86 valence electrons. The van der Waals surface area contributed by atoms with Crippen molar-refractivity contribution >= 4 is 11.6 Å². The highest BCUT2D eigenvalue weighted by atomic mass is 35.5. The minimum Gasteiger partial charge on any atom is -0.261 e. The van der Waals surface area contributed by atoms with Crippen molar-refractivity contribution in [3.63, 3.8) is 0 Å². The average Bonchev–Trinajstić information content (AvgIpc) is 2.12. The van der Waals surface area contributed by atoms with E-state index in [0.717, 1.165) is 6.20 Å². The van der Waals surface area contributed by atoms with Crippen LogP contribution in [0.4, 0.5) is 13.2 Å². The molecular weight excluding hydrogens is 227 g/mol. The molecule has 1 aromatic heterocycles. The van der Waals surface area contributed by atoms with Crippen molar-refractivity contribution in [1.82, 2.24) is 4.98 Å². The fraction of sp³-hybridized carbons (Fsp3) is 0.500. The molecule has 1 nitrogen and oxygen atoms in total. The van der Waals surface area contributed by atoms with Crippen LogP contribution in [-0.2, 0) is 6.42 Å². The summed E-state index contributed by atoms with van der Waals surface area (Å²) in [5.74, 6) is 0. The summed E-state index contributed by atoms with van der Waals surface area (Å²) < 4.78 is 35.8. The monoisotopic (exact) mass is 239 g/mol. The van der Waals surface area contributed by atoms with Gasteiger partial charge in [0.15, 0.2) is 0 Å². The number of aromatic nitrogens is 1. The van der Waals surface area contributed by atoms with Gasteiger partial charge in [-0.05, 0) is 18.6 Å². The fourth-order valence-electron chi connectivity index (χ4n) is 0.901. The number of pyridine rings is 1. The Kier molecular flexibility index (Phi) is 5.65. The minimum atomic E-state index is -4.24. The molecule has 0 aliphatic carbocycles. The highest BCUT2D eigenvalue weighted by Gasteiger charge is 2.28. The maximum atomic E-state index is 11.9. The van der Waals surface area contributed by atoms with Gasteiger partial charge in [-0.3, -0.25) is 4.98 Å². The Morgan fingerprint density at radius 3 is 2.27 bits per heavy atom. The lowest BCUT2D eigenvalue weighted by Gasteiger charge is -2.07. The van der Waals surface area contributed by atoms with Gasteiger partial charge in [-0.1, -0.05) is 25.4 Å². The molecular formula is C10H13ClF3N. The Balaban J connectivity index is 0.000000921. The quantitative estimate of drug-likeness (QED) is 0.717. The zero-order valence-electron chi connectivity index (χ0n) is 8.82. The van der Waals surface area contributed by atoms with Crippen LogP contribution < -0.4 is 0 Å². The van der Waals surface area contributed by atoms with Crippen LogP contribution in [0.3, 0.4) is 0 Å². The van der Waals surface area contributed by atoms with E-state index in [1.54, 1.807) is 6.92 Å². The van der Waals surface area contributed by atoms with Crippen LogP contribution in [0.5, 0.6) is 0 Å². The first kappa shape index (κ1) is 14.2. The Morgan fingerprint density at radius 1 is 1.33 bits per heavy atom. The number of hydrogen-bond donors (Lipinski definition) is 0. The zero-order valence-corrected chi connectivity index (χ0v) is 9.58. The summed E-state index contributed by atoms with van der Waals surface area (Å²) in [5.41, 5.74) is 0.621. The van der Waals surface area contributed by atoms with E-state index in [2.05, 4.69) is 4.98 Å². The normalized spacial score (nSPS) is 10.6. The van der Waals surface area contributed by atoms with Crippen LogP contribution in [0.1, 0.15) is 25.1 Å². The van der Waals surface area contributed by atoms with E-state index in [0.29, 0.717) is 5.69 Å². The molecule has 0 radical (unpaired) electrons. The highest BCUT2D eigenvalue weighted by molar-refractivity contribution is 6.31. The Bertz CT molecular complexity index is 310. The van der Waals surface area contributed by atoms with Crippen LogP contribution in [0, 0.1) is 6.92 Å². The summed E-state index contributed by atoms with van der Waals surface area (Å²) in [6, 6.07) is 1.42. The van der Waals surface area contributed by atoms with Gasteiger partial charge in [0.2, 0.25) is 0 Å². The molecule has 0 aliphatic heterocycles. The van der Waals surface area contributed by atoms with Crippen LogP contribution >= 0.6 is 11.6 Å². The smallest absolute Gasteiger partial charge is 0.261 e. The lowest BCUT2D eigenvalue weighted by atomic mass is 10.2. The summed E-state index contributed by atoms with van der Waals surface area (Å²) in [6.07, 6.45) is -4.11. The standard InChI is InChI=1S/C8H7ClF3N.C2H6/c1-5-2-7(9)6(4-13-5)3-8(10,11)12;1-2/h2,4H,3H2,1H3;1-2H3. The summed E-state index contributed by atoms with van der Waals surface area (Å²) in [5, 5.41) is 0.116. The van der Waals surface area contributed by atoms with Gasteiger partial charge < -0.3 is 0 Å². The van der Waals surface area contributed by atoms with Crippen molar-refractivity contribution < 1.29 is 13.2 Å². The van der Waals surface area contributed by atoms with Gasteiger partial charge in [-0.2, -0.15) is 13.2 Å². The van der Waals surface area contributed by atoms with Gasteiger partial charge in [0.05, 0.1) is 6.42 Å². The van der Waals surface area contributed by atoms with Crippen molar-refractivity contribution in [1.29, 1.82) is 0 Å². The molecule has 0 aromatic carbocycles. The van der Waals surface area contributed by atoms with Crippen molar-refractivity contribution in [3.8, 4) is 0 Å². The van der Waals surface area contributed by atoms with Crippen LogP contribution in [0.2, 0.25) is 5.02 Å². The highest BCUT2D eigenvalue weighted by Crippen LogP contribution is 2.25. The maximum Gasteiger partial charge on any atom is 0.393 e. The van der Waals surface area contributed by atoms with Gasteiger partial charge in [0.25, 0.3) is 0 Å². The third-order valence-corrected chi connectivity index (χ3v) is 1.81. The molecule has 1 rings (SSSR count). The van der Waals surface area contributed by atoms with Crippen molar-refractivity contribution in [2.24, 2.45) is 0 Å². The first-order valence-electron chi connectivity index (χ1n) is 4.56. The molecule has 1 heterocycles. The first-order chi connectivity index (χ1) is 6.88. The molecule has 0 saturated heterocycles. The van der Waals surface area contributed by atoms with Crippen molar-refractivity contribution in [2.45, 2.75) is 33.4 Å². The summed E-state index contributed by atoms with van der Waals surface area (Å²) in [4.78, 5) is 3.74. The molecule has 0 bridgehead atoms. The molecule has 0 atom stereocenters. The number of nitrogens with zero attached hydrogens (tertiary/aromatic N) is 1. The third kappa shape index (κ3) is 5.62. The van der Waals surface area contributed by atoms with Gasteiger partial charge in [-0.15, -0.1) is 0 Å². The number of rotatable bonds is 1. The predicted octanol–water partition coefficient (Wildman–Crippen LogP) is 4.17. The lowest BCUT2D eigenvalue weighted by Crippen LogP contribution is -2.12. The fourth-order valence-corrected chi connectivity index (χ4v) is 1.17. The largest absolute Gasteiger partial charge is 0.393 e. The molecule has 0 amide bonds. The van der Waals surface area contributed by atoms with Gasteiger partial charge in [0.1, 0.15) is 0 Å². The average molecular weight is 240 g/mol. The molecule has 15 heavy (non-hydrogen) atoms. The van der Waals surface area contributed by atoms with E-state index >= 15 is 0 Å². The van der Waals surface area contributed by atoms with Gasteiger partial charge in [0, 0.05) is 16.9 Å². The molecule has 5 heteroatoms. The zero-order chi connectivity index (χ0) is 12.1. The maximum absolute atomic E-state index is 11.9. The van der Waals surface area contributed by atoms with Gasteiger partial charge >= 0.3 is 6.18 Å². The van der Waals surface area contributed by atoms with E-state index in [1.807, 2.05) is 13.8 Å². The molecule has 0 N–H and O–H groups in total. The molecule has 1 aromatic rings. The van der Waals surface area contributed by atoms with E-state index < -0.39 is 12.6 Å². The lowest BCUT2D eigenvalue weighted by molar-refractivity contribution is -0.127. The molecule has 0 unspecified atom stereocenters. The van der Waals surface area contributed by atoms with Crippen LogP contribution in [-0.4, -0.2) is 11.2 Å². The van der Waals surface area contributed by atoms with E-state index in [-0.39, 0.29) is 10.6 Å². The van der Waals surface area contributed by atoms with E-state index in [4.69, 9.17) is 11.6 Å². The SMILES string of the molecule is CC.Cc1cc(Cl)c(CC(F)(F)F)cn1. The van der Waals surface area contributed by atoms with Crippen LogP contribution in [0.15, 0.2) is 12.3 Å². The number of halogens is 4. The second kappa shape index (κ2) is 5.95. The van der Waals surface area contributed by atoms with E-state index in [9.17, 15) is 13.2 Å². The Labute approximate surface area is 92.3 Å².